The molecule has 0 bridgehead atoms. The van der Waals surface area contributed by atoms with Gasteiger partial charge in [-0.2, -0.15) is 13.2 Å². The molecule has 0 amide bonds. The number of rotatable bonds is 5. The van der Waals surface area contributed by atoms with Crippen molar-refractivity contribution in [3.05, 3.63) is 16.6 Å². The summed E-state index contributed by atoms with van der Waals surface area (Å²) in [6, 6.07) is 0. The fraction of sp³-hybridized carbons (Fsp3) is 0.600. The van der Waals surface area contributed by atoms with Gasteiger partial charge in [0.15, 0.2) is 10.8 Å². The number of aromatic nitrogens is 1. The first-order chi connectivity index (χ1) is 7.38. The second-order valence-corrected chi connectivity index (χ2v) is 4.62. The van der Waals surface area contributed by atoms with E-state index in [0.717, 1.165) is 0 Å². The summed E-state index contributed by atoms with van der Waals surface area (Å²) < 4.78 is 36.0. The minimum atomic E-state index is -4.15. The number of ketones is 1. The first-order valence-electron chi connectivity index (χ1n) is 4.88. The van der Waals surface area contributed by atoms with Crippen molar-refractivity contribution in [2.75, 3.05) is 0 Å². The van der Waals surface area contributed by atoms with E-state index < -0.39 is 18.5 Å². The largest absolute Gasteiger partial charge is 0.389 e. The molecule has 1 unspecified atom stereocenters. The van der Waals surface area contributed by atoms with Crippen LogP contribution in [0.3, 0.4) is 0 Å². The zero-order chi connectivity index (χ0) is 12.2. The molecule has 6 heteroatoms. The zero-order valence-corrected chi connectivity index (χ0v) is 9.57. The van der Waals surface area contributed by atoms with Gasteiger partial charge in [-0.25, -0.2) is 4.98 Å². The van der Waals surface area contributed by atoms with E-state index in [1.54, 1.807) is 5.38 Å². The minimum Gasteiger partial charge on any atom is -0.292 e. The van der Waals surface area contributed by atoms with E-state index in [4.69, 9.17) is 0 Å². The van der Waals surface area contributed by atoms with E-state index in [9.17, 15) is 18.0 Å². The van der Waals surface area contributed by atoms with Crippen molar-refractivity contribution in [1.29, 1.82) is 0 Å². The van der Waals surface area contributed by atoms with E-state index in [2.05, 4.69) is 4.98 Å². The molecule has 2 nitrogen and oxygen atoms in total. The molecule has 0 fully saturated rings. The maximum atomic E-state index is 12.0. The third-order valence-corrected chi connectivity index (χ3v) is 2.93. The number of nitrogens with zero attached hydrogens (tertiary/aromatic N) is 1. The highest BCUT2D eigenvalue weighted by Gasteiger charge is 2.29. The molecule has 1 rings (SSSR count). The number of Topliss-reactive ketones (excluding diaryl/α,β-unsaturated/α-hetero) is 1. The number of alkyl halides is 3. The number of hydrogen-bond donors (Lipinski definition) is 0. The molecule has 1 atom stereocenters. The molecule has 0 aromatic carbocycles. The lowest BCUT2D eigenvalue weighted by Gasteiger charge is -2.12. The van der Waals surface area contributed by atoms with Crippen LogP contribution in [0, 0.1) is 5.92 Å². The number of carbonyl (C=O) groups excluding carboxylic acids is 1. The molecule has 1 aromatic rings. The molecule has 1 aromatic heterocycles. The molecule has 1 heterocycles. The fourth-order valence-corrected chi connectivity index (χ4v) is 1.95. The molecule has 0 radical (unpaired) electrons. The molecule has 0 aliphatic rings. The number of hydrogen-bond acceptors (Lipinski definition) is 3. The average molecular weight is 251 g/mol. The Balaban J connectivity index is 2.32. The van der Waals surface area contributed by atoms with Gasteiger partial charge in [0, 0.05) is 24.4 Å². The van der Waals surface area contributed by atoms with E-state index >= 15 is 0 Å². The van der Waals surface area contributed by atoms with Gasteiger partial charge < -0.3 is 0 Å². The third kappa shape index (κ3) is 4.74. The second kappa shape index (κ2) is 5.43. The highest BCUT2D eigenvalue weighted by molar-refractivity contribution is 7.11. The Bertz CT molecular complexity index is 334. The monoisotopic (exact) mass is 251 g/mol. The van der Waals surface area contributed by atoms with Crippen molar-refractivity contribution in [3.8, 4) is 0 Å². The fourth-order valence-electron chi connectivity index (χ4n) is 1.34. The lowest BCUT2D eigenvalue weighted by Crippen LogP contribution is -2.14. The Morgan fingerprint density at radius 3 is 2.75 bits per heavy atom. The maximum Gasteiger partial charge on any atom is 0.389 e. The van der Waals surface area contributed by atoms with Crippen molar-refractivity contribution in [2.45, 2.75) is 32.4 Å². The molecule has 16 heavy (non-hydrogen) atoms. The van der Waals surface area contributed by atoms with Crippen molar-refractivity contribution >= 4 is 17.1 Å². The Morgan fingerprint density at radius 1 is 1.56 bits per heavy atom. The zero-order valence-electron chi connectivity index (χ0n) is 8.75. The normalized spacial score (nSPS) is 13.8. The van der Waals surface area contributed by atoms with Crippen LogP contribution in [-0.4, -0.2) is 16.9 Å². The summed E-state index contributed by atoms with van der Waals surface area (Å²) in [5.41, 5.74) is 0. The summed E-state index contributed by atoms with van der Waals surface area (Å²) in [5.74, 6) is -0.701. The average Bonchev–Trinajstić information content (AvgIpc) is 2.64. The van der Waals surface area contributed by atoms with Crippen LogP contribution in [0.4, 0.5) is 13.2 Å². The van der Waals surface area contributed by atoms with Crippen LogP contribution >= 0.6 is 11.3 Å². The lowest BCUT2D eigenvalue weighted by atomic mass is 10.00. The summed E-state index contributed by atoms with van der Waals surface area (Å²) in [5, 5.41) is 2.05. The molecule has 0 spiro atoms. The van der Waals surface area contributed by atoms with Crippen LogP contribution in [0.1, 0.15) is 36.0 Å². The van der Waals surface area contributed by atoms with Crippen LogP contribution < -0.4 is 0 Å². The SMILES string of the molecule is CC(CCC(=O)c1nccs1)CC(F)(F)F. The topological polar surface area (TPSA) is 30.0 Å². The van der Waals surface area contributed by atoms with Gasteiger partial charge in [0.25, 0.3) is 0 Å². The maximum absolute atomic E-state index is 12.0. The van der Waals surface area contributed by atoms with Crippen LogP contribution in [0.15, 0.2) is 11.6 Å². The van der Waals surface area contributed by atoms with Crippen molar-refractivity contribution in [3.63, 3.8) is 0 Å². The van der Waals surface area contributed by atoms with E-state index in [-0.39, 0.29) is 18.6 Å². The molecule has 0 saturated heterocycles. The first-order valence-corrected chi connectivity index (χ1v) is 5.76. The highest BCUT2D eigenvalue weighted by atomic mass is 32.1. The molecule has 0 aliphatic carbocycles. The summed E-state index contributed by atoms with van der Waals surface area (Å²) >= 11 is 1.21. The van der Waals surface area contributed by atoms with Gasteiger partial charge in [0.2, 0.25) is 0 Å². The third-order valence-electron chi connectivity index (χ3n) is 2.11. The van der Waals surface area contributed by atoms with Gasteiger partial charge in [0.1, 0.15) is 0 Å². The van der Waals surface area contributed by atoms with E-state index in [1.165, 1.54) is 24.5 Å². The van der Waals surface area contributed by atoms with Gasteiger partial charge in [-0.15, -0.1) is 11.3 Å². The van der Waals surface area contributed by atoms with Gasteiger partial charge in [-0.1, -0.05) is 6.92 Å². The number of thiazole rings is 1. The van der Waals surface area contributed by atoms with Gasteiger partial charge in [-0.3, -0.25) is 4.79 Å². The molecular formula is C10H12F3NOS. The quantitative estimate of drug-likeness (QED) is 0.747. The van der Waals surface area contributed by atoms with Crippen LogP contribution in [0.2, 0.25) is 0 Å². The van der Waals surface area contributed by atoms with Crippen LogP contribution in [0.25, 0.3) is 0 Å². The summed E-state index contributed by atoms with van der Waals surface area (Å²) in [4.78, 5) is 15.3. The standard InChI is InChI=1S/C10H12F3NOS/c1-7(6-10(11,12)13)2-3-8(15)9-14-4-5-16-9/h4-5,7H,2-3,6H2,1H3. The van der Waals surface area contributed by atoms with Gasteiger partial charge in [0.05, 0.1) is 0 Å². The Kier molecular flexibility index (Phi) is 4.46. The van der Waals surface area contributed by atoms with Gasteiger partial charge in [-0.05, 0) is 12.3 Å². The summed E-state index contributed by atoms with van der Waals surface area (Å²) in [6.07, 6.45) is -3.10. The Hall–Kier alpha value is -0.910. The number of carbonyl (C=O) groups is 1. The van der Waals surface area contributed by atoms with Gasteiger partial charge >= 0.3 is 6.18 Å². The van der Waals surface area contributed by atoms with Crippen LogP contribution in [-0.2, 0) is 0 Å². The van der Waals surface area contributed by atoms with E-state index in [0.29, 0.717) is 5.01 Å². The van der Waals surface area contributed by atoms with E-state index in [1.807, 2.05) is 0 Å². The highest BCUT2D eigenvalue weighted by Crippen LogP contribution is 2.27. The summed E-state index contributed by atoms with van der Waals surface area (Å²) in [6.45, 7) is 1.50. The lowest BCUT2D eigenvalue weighted by molar-refractivity contribution is -0.143. The molecule has 0 aliphatic heterocycles. The molecular weight excluding hydrogens is 239 g/mol. The molecule has 90 valence electrons. The number of halogens is 3. The first kappa shape index (κ1) is 13.2. The molecule has 0 saturated carbocycles. The van der Waals surface area contributed by atoms with Crippen molar-refractivity contribution < 1.29 is 18.0 Å². The summed E-state index contributed by atoms with van der Waals surface area (Å²) in [7, 11) is 0. The predicted octanol–water partition coefficient (Wildman–Crippen LogP) is 3.69. The predicted molar refractivity (Wildman–Crippen MR) is 55.5 cm³/mol. The smallest absolute Gasteiger partial charge is 0.292 e. The van der Waals surface area contributed by atoms with Crippen molar-refractivity contribution in [2.24, 2.45) is 5.92 Å². The Morgan fingerprint density at radius 2 is 2.25 bits per heavy atom. The van der Waals surface area contributed by atoms with Crippen LogP contribution in [0.5, 0.6) is 0 Å². The molecule has 0 N–H and O–H groups in total. The second-order valence-electron chi connectivity index (χ2n) is 3.72. The van der Waals surface area contributed by atoms with Crippen molar-refractivity contribution in [1.82, 2.24) is 4.98 Å². The minimum absolute atomic E-state index is 0.130. The Labute approximate surface area is 95.5 Å².